The summed E-state index contributed by atoms with van der Waals surface area (Å²) in [7, 11) is 0. The smallest absolute Gasteiger partial charge is 0.287 e. The average molecular weight is 365 g/mol. The Hall–Kier alpha value is -1.82. The van der Waals surface area contributed by atoms with Crippen LogP contribution < -0.4 is 10.1 Å². The van der Waals surface area contributed by atoms with E-state index in [4.69, 9.17) is 9.15 Å². The fraction of sp³-hybridized carbons (Fsp3) is 0.375. The van der Waals surface area contributed by atoms with Crippen LogP contribution in [-0.4, -0.2) is 23.0 Å². The maximum atomic E-state index is 12.0. The molecule has 1 N–H and O–H groups in total. The molecule has 2 aromatic heterocycles. The first-order chi connectivity index (χ1) is 10.7. The van der Waals surface area contributed by atoms with Crippen LogP contribution in [0.1, 0.15) is 36.2 Å². The zero-order valence-corrected chi connectivity index (χ0v) is 13.6. The van der Waals surface area contributed by atoms with Crippen LogP contribution in [0.3, 0.4) is 0 Å². The predicted octanol–water partition coefficient (Wildman–Crippen LogP) is 3.56. The van der Waals surface area contributed by atoms with Crippen molar-refractivity contribution < 1.29 is 13.9 Å². The third kappa shape index (κ3) is 3.88. The lowest BCUT2D eigenvalue weighted by molar-refractivity contribution is 0.0862. The molecule has 0 bridgehead atoms. The summed E-state index contributed by atoms with van der Waals surface area (Å²) in [4.78, 5) is 16.2. The van der Waals surface area contributed by atoms with Gasteiger partial charge in [0.25, 0.3) is 5.91 Å². The van der Waals surface area contributed by atoms with E-state index in [0.717, 1.165) is 25.7 Å². The van der Waals surface area contributed by atoms with Crippen molar-refractivity contribution in [3.8, 4) is 5.88 Å². The van der Waals surface area contributed by atoms with Gasteiger partial charge in [0.1, 0.15) is 6.10 Å². The second-order valence-electron chi connectivity index (χ2n) is 5.34. The second-order valence-corrected chi connectivity index (χ2v) is 6.12. The zero-order valence-electron chi connectivity index (χ0n) is 12.0. The number of halogens is 1. The molecule has 5 nitrogen and oxygen atoms in total. The van der Waals surface area contributed by atoms with E-state index in [1.54, 1.807) is 18.3 Å². The minimum Gasteiger partial charge on any atom is -0.474 e. The number of amides is 1. The number of pyridine rings is 1. The minimum atomic E-state index is -0.167. The zero-order chi connectivity index (χ0) is 15.4. The number of aromatic nitrogens is 1. The van der Waals surface area contributed by atoms with Crippen molar-refractivity contribution in [1.82, 2.24) is 10.3 Å². The van der Waals surface area contributed by atoms with E-state index in [0.29, 0.717) is 16.3 Å². The highest BCUT2D eigenvalue weighted by Crippen LogP contribution is 2.23. The van der Waals surface area contributed by atoms with Gasteiger partial charge in [0, 0.05) is 18.3 Å². The van der Waals surface area contributed by atoms with Gasteiger partial charge in [-0.2, -0.15) is 0 Å². The van der Waals surface area contributed by atoms with Crippen molar-refractivity contribution in [2.75, 3.05) is 0 Å². The summed E-state index contributed by atoms with van der Waals surface area (Å²) >= 11 is 3.20. The molecule has 0 spiro atoms. The molecule has 2 heterocycles. The molecule has 6 heteroatoms. The normalized spacial score (nSPS) is 21.3. The Balaban J connectivity index is 1.46. The van der Waals surface area contributed by atoms with Gasteiger partial charge in [-0.3, -0.25) is 4.79 Å². The standard InChI is InChI=1S/C16H17BrN2O3/c17-14-9-8-13(22-14)16(20)19-11-4-6-12(7-5-11)21-15-3-1-2-10-18-15/h1-3,8-12H,4-7H2,(H,19,20). The van der Waals surface area contributed by atoms with Crippen LogP contribution in [0.15, 0.2) is 45.6 Å². The Morgan fingerprint density at radius 2 is 2.05 bits per heavy atom. The molecule has 0 aromatic carbocycles. The van der Waals surface area contributed by atoms with Gasteiger partial charge < -0.3 is 14.5 Å². The van der Waals surface area contributed by atoms with Crippen LogP contribution in [0.2, 0.25) is 0 Å². The monoisotopic (exact) mass is 364 g/mol. The number of carbonyl (C=O) groups is 1. The summed E-state index contributed by atoms with van der Waals surface area (Å²) in [5.74, 6) is 0.828. The largest absolute Gasteiger partial charge is 0.474 e. The van der Waals surface area contributed by atoms with Gasteiger partial charge in [0.15, 0.2) is 10.4 Å². The van der Waals surface area contributed by atoms with Crippen LogP contribution in [0.5, 0.6) is 5.88 Å². The highest BCUT2D eigenvalue weighted by molar-refractivity contribution is 9.10. The third-order valence-corrected chi connectivity index (χ3v) is 4.16. The molecule has 0 radical (unpaired) electrons. The Bertz CT molecular complexity index is 621. The van der Waals surface area contributed by atoms with E-state index >= 15 is 0 Å². The van der Waals surface area contributed by atoms with Crippen molar-refractivity contribution in [3.63, 3.8) is 0 Å². The Morgan fingerprint density at radius 1 is 1.23 bits per heavy atom. The summed E-state index contributed by atoms with van der Waals surface area (Å²) in [6.07, 6.45) is 5.49. The van der Waals surface area contributed by atoms with Crippen LogP contribution in [-0.2, 0) is 0 Å². The predicted molar refractivity (Wildman–Crippen MR) is 84.8 cm³/mol. The number of ether oxygens (including phenoxy) is 1. The van der Waals surface area contributed by atoms with Gasteiger partial charge >= 0.3 is 0 Å². The Morgan fingerprint density at radius 3 is 2.68 bits per heavy atom. The fourth-order valence-corrected chi connectivity index (χ4v) is 2.91. The minimum absolute atomic E-state index is 0.167. The molecule has 0 atom stereocenters. The van der Waals surface area contributed by atoms with Crippen LogP contribution in [0.4, 0.5) is 0 Å². The highest BCUT2D eigenvalue weighted by Gasteiger charge is 2.24. The topological polar surface area (TPSA) is 64.4 Å². The SMILES string of the molecule is O=C(NC1CCC(Oc2ccccn2)CC1)c1ccc(Br)o1. The van der Waals surface area contributed by atoms with E-state index in [2.05, 4.69) is 26.2 Å². The number of rotatable bonds is 4. The van der Waals surface area contributed by atoms with Gasteiger partial charge in [0.2, 0.25) is 5.88 Å². The van der Waals surface area contributed by atoms with Crippen LogP contribution >= 0.6 is 15.9 Å². The van der Waals surface area contributed by atoms with E-state index in [1.165, 1.54) is 0 Å². The first-order valence-corrected chi connectivity index (χ1v) is 8.14. The summed E-state index contributed by atoms with van der Waals surface area (Å²) in [5.41, 5.74) is 0. The first-order valence-electron chi connectivity index (χ1n) is 7.34. The lowest BCUT2D eigenvalue weighted by Crippen LogP contribution is -2.39. The molecule has 1 fully saturated rings. The molecule has 116 valence electrons. The van der Waals surface area contributed by atoms with E-state index in [-0.39, 0.29) is 18.1 Å². The molecule has 0 saturated heterocycles. The molecule has 2 aromatic rings. The maximum Gasteiger partial charge on any atom is 0.287 e. The lowest BCUT2D eigenvalue weighted by Gasteiger charge is -2.28. The first kappa shape index (κ1) is 15.1. The van der Waals surface area contributed by atoms with Crippen LogP contribution in [0, 0.1) is 0 Å². The highest BCUT2D eigenvalue weighted by atomic mass is 79.9. The maximum absolute atomic E-state index is 12.0. The Kier molecular flexibility index (Phi) is 4.77. The summed E-state index contributed by atoms with van der Waals surface area (Å²) in [6.45, 7) is 0. The van der Waals surface area contributed by atoms with Gasteiger partial charge in [0.05, 0.1) is 0 Å². The number of nitrogens with one attached hydrogen (secondary N) is 1. The molecule has 22 heavy (non-hydrogen) atoms. The molecule has 0 aliphatic heterocycles. The van der Waals surface area contributed by atoms with Crippen LogP contribution in [0.25, 0.3) is 0 Å². The van der Waals surface area contributed by atoms with E-state index in [9.17, 15) is 4.79 Å². The second kappa shape index (κ2) is 6.96. The van der Waals surface area contributed by atoms with E-state index < -0.39 is 0 Å². The molecule has 1 aliphatic rings. The average Bonchev–Trinajstić information content (AvgIpc) is 2.97. The van der Waals surface area contributed by atoms with Crippen molar-refractivity contribution in [3.05, 3.63) is 47.0 Å². The quantitative estimate of drug-likeness (QED) is 0.900. The number of hydrogen-bond acceptors (Lipinski definition) is 4. The van der Waals surface area contributed by atoms with Crippen molar-refractivity contribution >= 4 is 21.8 Å². The van der Waals surface area contributed by atoms with Crippen molar-refractivity contribution in [1.29, 1.82) is 0 Å². The van der Waals surface area contributed by atoms with E-state index in [1.807, 2.05) is 18.2 Å². The van der Waals surface area contributed by atoms with Crippen molar-refractivity contribution in [2.45, 2.75) is 37.8 Å². The molecule has 0 unspecified atom stereocenters. The van der Waals surface area contributed by atoms with Gasteiger partial charge in [-0.05, 0) is 59.8 Å². The van der Waals surface area contributed by atoms with Gasteiger partial charge in [-0.15, -0.1) is 0 Å². The summed E-state index contributed by atoms with van der Waals surface area (Å²) < 4.78 is 11.7. The molecular formula is C16H17BrN2O3. The fourth-order valence-electron chi connectivity index (χ4n) is 2.61. The third-order valence-electron chi connectivity index (χ3n) is 3.73. The molecule has 3 rings (SSSR count). The number of carbonyl (C=O) groups excluding carboxylic acids is 1. The molecule has 1 amide bonds. The van der Waals surface area contributed by atoms with Crippen molar-refractivity contribution in [2.24, 2.45) is 0 Å². The Labute approximate surface area is 137 Å². The number of hydrogen-bond donors (Lipinski definition) is 1. The van der Waals surface area contributed by atoms with Gasteiger partial charge in [-0.25, -0.2) is 4.98 Å². The summed E-state index contributed by atoms with van der Waals surface area (Å²) in [5, 5.41) is 3.01. The molecule has 1 aliphatic carbocycles. The number of furan rings is 1. The lowest BCUT2D eigenvalue weighted by atomic mass is 9.93. The molecule has 1 saturated carbocycles. The summed E-state index contributed by atoms with van der Waals surface area (Å²) in [6, 6.07) is 9.19. The number of nitrogens with zero attached hydrogens (tertiary/aromatic N) is 1. The van der Waals surface area contributed by atoms with Gasteiger partial charge in [-0.1, -0.05) is 6.07 Å². The molecular weight excluding hydrogens is 348 g/mol.